The van der Waals surface area contributed by atoms with Crippen molar-refractivity contribution in [2.24, 2.45) is 11.7 Å². The highest BCUT2D eigenvalue weighted by Gasteiger charge is 2.47. The van der Waals surface area contributed by atoms with Crippen molar-refractivity contribution in [3.05, 3.63) is 59.2 Å². The van der Waals surface area contributed by atoms with Crippen LogP contribution in [0.15, 0.2) is 42.5 Å². The van der Waals surface area contributed by atoms with E-state index in [-0.39, 0.29) is 29.4 Å². The Hall–Kier alpha value is -2.99. The standard InChI is InChI=1S/C22H24N2O3.C3H6O/c1-24-19-8-3-13(12-23)9-18(19)22(26)21-17(10-15(25)11-20(21)24)14-4-6-16(27-2)7-5-14;1-2-3-4/h3-9,17,20-21H,10-12,23H2,1-2H3;3H,2H2,1H3. The SMILES string of the molecule is CCC=O.COc1ccc(C2CC(=O)CC3C2C(=O)c2cc(CN)ccc2N3C)cc1. The maximum Gasteiger partial charge on any atom is 0.170 e. The van der Waals surface area contributed by atoms with Crippen molar-refractivity contribution in [1.82, 2.24) is 0 Å². The highest BCUT2D eigenvalue weighted by atomic mass is 16.5. The first-order valence-electron chi connectivity index (χ1n) is 10.6. The maximum absolute atomic E-state index is 13.5. The van der Waals surface area contributed by atoms with Crippen LogP contribution in [0.4, 0.5) is 5.69 Å². The number of hydrogen-bond donors (Lipinski definition) is 1. The van der Waals surface area contributed by atoms with Gasteiger partial charge in [-0.15, -0.1) is 0 Å². The van der Waals surface area contributed by atoms with E-state index in [0.717, 1.165) is 34.4 Å². The molecule has 0 amide bonds. The van der Waals surface area contributed by atoms with E-state index in [1.54, 1.807) is 7.11 Å². The zero-order chi connectivity index (χ0) is 22.5. The fourth-order valence-electron chi connectivity index (χ4n) is 4.57. The number of ether oxygens (including phenoxy) is 1. The van der Waals surface area contributed by atoms with Gasteiger partial charge in [-0.3, -0.25) is 9.59 Å². The highest BCUT2D eigenvalue weighted by Crippen LogP contribution is 2.46. The summed E-state index contributed by atoms with van der Waals surface area (Å²) in [6.07, 6.45) is 2.33. The van der Waals surface area contributed by atoms with E-state index in [1.807, 2.05) is 56.4 Å². The monoisotopic (exact) mass is 422 g/mol. The molecule has 2 aliphatic rings. The summed E-state index contributed by atoms with van der Waals surface area (Å²) in [6, 6.07) is 13.4. The smallest absolute Gasteiger partial charge is 0.170 e. The molecule has 4 rings (SSSR count). The number of Topliss-reactive ketones (excluding diaryl/α,β-unsaturated/α-hetero) is 2. The Morgan fingerprint density at radius 2 is 1.81 bits per heavy atom. The first kappa shape index (κ1) is 22.7. The van der Waals surface area contributed by atoms with Crippen molar-refractivity contribution >= 4 is 23.5 Å². The Balaban J connectivity index is 0.000000628. The third-order valence-corrected chi connectivity index (χ3v) is 6.19. The van der Waals surface area contributed by atoms with E-state index in [1.165, 1.54) is 0 Å². The van der Waals surface area contributed by atoms with E-state index in [9.17, 15) is 14.4 Å². The van der Waals surface area contributed by atoms with E-state index >= 15 is 0 Å². The van der Waals surface area contributed by atoms with Gasteiger partial charge < -0.3 is 20.2 Å². The van der Waals surface area contributed by atoms with Crippen molar-refractivity contribution < 1.29 is 19.1 Å². The van der Waals surface area contributed by atoms with Crippen LogP contribution in [-0.4, -0.2) is 38.1 Å². The van der Waals surface area contributed by atoms with Crippen LogP contribution in [0.25, 0.3) is 0 Å². The summed E-state index contributed by atoms with van der Waals surface area (Å²) in [5, 5.41) is 0. The summed E-state index contributed by atoms with van der Waals surface area (Å²) in [5.41, 5.74) is 9.34. The lowest BCUT2D eigenvalue weighted by molar-refractivity contribution is -0.121. The molecule has 1 saturated carbocycles. The molecule has 2 aromatic carbocycles. The van der Waals surface area contributed by atoms with Gasteiger partial charge in [0.2, 0.25) is 0 Å². The molecule has 6 nitrogen and oxygen atoms in total. The number of aldehydes is 1. The van der Waals surface area contributed by atoms with Gasteiger partial charge in [-0.1, -0.05) is 25.1 Å². The number of nitrogens with two attached hydrogens (primary N) is 1. The predicted octanol–water partition coefficient (Wildman–Crippen LogP) is 3.51. The number of carbonyl (C=O) groups excluding carboxylic acids is 3. The maximum atomic E-state index is 13.5. The van der Waals surface area contributed by atoms with E-state index < -0.39 is 0 Å². The summed E-state index contributed by atoms with van der Waals surface area (Å²) in [5.74, 6) is 0.742. The summed E-state index contributed by atoms with van der Waals surface area (Å²) >= 11 is 0. The normalized spacial score (nSPS) is 22.1. The Morgan fingerprint density at radius 1 is 1.13 bits per heavy atom. The number of carbonyl (C=O) groups is 3. The van der Waals surface area contributed by atoms with Gasteiger partial charge in [0.15, 0.2) is 5.78 Å². The molecule has 6 heteroatoms. The molecule has 31 heavy (non-hydrogen) atoms. The fourth-order valence-corrected chi connectivity index (χ4v) is 4.57. The van der Waals surface area contributed by atoms with Gasteiger partial charge in [-0.2, -0.15) is 0 Å². The Kier molecular flexibility index (Phi) is 7.23. The topological polar surface area (TPSA) is 89.7 Å². The van der Waals surface area contributed by atoms with Crippen LogP contribution in [0.2, 0.25) is 0 Å². The molecule has 1 aliphatic carbocycles. The van der Waals surface area contributed by atoms with E-state index in [2.05, 4.69) is 4.90 Å². The van der Waals surface area contributed by atoms with Gasteiger partial charge in [-0.05, 0) is 35.4 Å². The molecule has 3 unspecified atom stereocenters. The number of fused-ring (bicyclic) bond motifs is 2. The van der Waals surface area contributed by atoms with Gasteiger partial charge in [0.05, 0.1) is 13.0 Å². The first-order chi connectivity index (χ1) is 14.9. The molecule has 1 aliphatic heterocycles. The number of hydrogen-bond acceptors (Lipinski definition) is 6. The van der Waals surface area contributed by atoms with Crippen LogP contribution in [0.3, 0.4) is 0 Å². The van der Waals surface area contributed by atoms with Crippen LogP contribution in [0, 0.1) is 5.92 Å². The molecular weight excluding hydrogens is 392 g/mol. The van der Waals surface area contributed by atoms with Crippen molar-refractivity contribution in [3.63, 3.8) is 0 Å². The number of ketones is 2. The molecule has 3 atom stereocenters. The minimum Gasteiger partial charge on any atom is -0.497 e. The second-order valence-corrected chi connectivity index (χ2v) is 8.03. The number of nitrogens with zero attached hydrogens (tertiary/aromatic N) is 1. The molecule has 0 radical (unpaired) electrons. The number of rotatable bonds is 4. The molecule has 164 valence electrons. The largest absolute Gasteiger partial charge is 0.497 e. The quantitative estimate of drug-likeness (QED) is 0.759. The van der Waals surface area contributed by atoms with Gasteiger partial charge in [0, 0.05) is 56.1 Å². The molecule has 1 heterocycles. The second kappa shape index (κ2) is 9.88. The molecule has 0 spiro atoms. The number of methoxy groups -OCH3 is 1. The lowest BCUT2D eigenvalue weighted by Gasteiger charge is -2.46. The Morgan fingerprint density at radius 3 is 2.39 bits per heavy atom. The van der Waals surface area contributed by atoms with E-state index in [4.69, 9.17) is 10.5 Å². The first-order valence-corrected chi connectivity index (χ1v) is 10.6. The van der Waals surface area contributed by atoms with Crippen LogP contribution < -0.4 is 15.4 Å². The number of anilines is 1. The molecule has 0 bridgehead atoms. The van der Waals surface area contributed by atoms with Gasteiger partial charge in [0.1, 0.15) is 17.8 Å². The molecule has 0 aromatic heterocycles. The van der Waals surface area contributed by atoms with Gasteiger partial charge >= 0.3 is 0 Å². The minimum atomic E-state index is -0.235. The predicted molar refractivity (Wildman–Crippen MR) is 121 cm³/mol. The molecule has 2 N–H and O–H groups in total. The fraction of sp³-hybridized carbons (Fsp3) is 0.400. The lowest BCUT2D eigenvalue weighted by atomic mass is 9.66. The van der Waals surface area contributed by atoms with Gasteiger partial charge in [0.25, 0.3) is 0 Å². The van der Waals surface area contributed by atoms with Crippen LogP contribution >= 0.6 is 0 Å². The van der Waals surface area contributed by atoms with Crippen LogP contribution in [0.1, 0.15) is 53.6 Å². The van der Waals surface area contributed by atoms with Gasteiger partial charge in [-0.25, -0.2) is 0 Å². The number of benzene rings is 2. The lowest BCUT2D eigenvalue weighted by Crippen LogP contribution is -2.52. The van der Waals surface area contributed by atoms with Crippen molar-refractivity contribution in [1.29, 1.82) is 0 Å². The Labute approximate surface area is 183 Å². The zero-order valence-electron chi connectivity index (χ0n) is 18.3. The van der Waals surface area contributed by atoms with Crippen molar-refractivity contribution in [3.8, 4) is 5.75 Å². The summed E-state index contributed by atoms with van der Waals surface area (Å²) < 4.78 is 5.24. The van der Waals surface area contributed by atoms with Crippen LogP contribution in [0.5, 0.6) is 5.75 Å². The van der Waals surface area contributed by atoms with Crippen molar-refractivity contribution in [2.75, 3.05) is 19.1 Å². The summed E-state index contributed by atoms with van der Waals surface area (Å²) in [6.45, 7) is 2.21. The average Bonchev–Trinajstić information content (AvgIpc) is 2.81. The third-order valence-electron chi connectivity index (χ3n) is 6.19. The van der Waals surface area contributed by atoms with Crippen LogP contribution in [-0.2, 0) is 16.1 Å². The van der Waals surface area contributed by atoms with E-state index in [0.29, 0.717) is 25.8 Å². The molecule has 0 saturated heterocycles. The Bertz CT molecular complexity index is 954. The second-order valence-electron chi connectivity index (χ2n) is 8.03. The highest BCUT2D eigenvalue weighted by molar-refractivity contribution is 6.07. The molecule has 1 fully saturated rings. The third kappa shape index (κ3) is 4.54. The average molecular weight is 423 g/mol. The van der Waals surface area contributed by atoms with Crippen molar-refractivity contribution in [2.45, 2.75) is 44.7 Å². The summed E-state index contributed by atoms with van der Waals surface area (Å²) in [4.78, 5) is 37.3. The zero-order valence-corrected chi connectivity index (χ0v) is 18.3. The molecular formula is C25H30N2O4. The summed E-state index contributed by atoms with van der Waals surface area (Å²) in [7, 11) is 3.61. The minimum absolute atomic E-state index is 0.109. The molecule has 2 aromatic rings.